The molecule has 1 rings (SSSR count). The van der Waals surface area contributed by atoms with Crippen LogP contribution in [0.5, 0.6) is 0 Å². The third-order valence-electron chi connectivity index (χ3n) is 0.325. The molecule has 0 aromatic carbocycles. The zero-order valence-corrected chi connectivity index (χ0v) is 3.58. The van der Waals surface area contributed by atoms with E-state index in [4.69, 9.17) is 4.55 Å². The van der Waals surface area contributed by atoms with Crippen molar-refractivity contribution >= 4 is 10.8 Å². The van der Waals surface area contributed by atoms with Crippen LogP contribution in [-0.2, 0) is 4.28 Å². The molecular formula is CH5NO2S. The van der Waals surface area contributed by atoms with Gasteiger partial charge in [0.2, 0.25) is 0 Å². The van der Waals surface area contributed by atoms with E-state index in [1.54, 1.807) is 6.26 Å². The first-order valence-electron chi connectivity index (χ1n) is 1.17. The maximum atomic E-state index is 8.38. The molecule has 3 nitrogen and oxygen atoms in total. The third kappa shape index (κ3) is 0.769. The maximum absolute atomic E-state index is 8.38. The first kappa shape index (κ1) is 3.42. The molecule has 1 aliphatic heterocycles. The SMILES string of the molecule is CS1(O)NO1. The lowest BCUT2D eigenvalue weighted by atomic mass is 12.0. The standard InChI is InChI=1S/CH5NO2S/c1-5(3)2-4-5/h2-3H,1H3. The Morgan fingerprint density at radius 1 is 2.00 bits per heavy atom. The summed E-state index contributed by atoms with van der Waals surface area (Å²) in [5.41, 5.74) is 0. The fraction of sp³-hybridized carbons (Fsp3) is 1.00. The molecule has 2 N–H and O–H groups in total. The minimum Gasteiger partial charge on any atom is -0.283 e. The highest BCUT2D eigenvalue weighted by molar-refractivity contribution is 8.26. The minimum absolute atomic E-state index is 1.60. The Morgan fingerprint density at radius 3 is 2.20 bits per heavy atom. The average Bonchev–Trinajstić information content (AvgIpc) is 1.76. The summed E-state index contributed by atoms with van der Waals surface area (Å²) >= 11 is 0. The fourth-order valence-corrected chi connectivity index (χ4v) is 0.443. The summed E-state index contributed by atoms with van der Waals surface area (Å²) in [6.07, 6.45) is 1.60. The first-order chi connectivity index (χ1) is 2.21. The van der Waals surface area contributed by atoms with Crippen LogP contribution in [0.3, 0.4) is 0 Å². The molecule has 0 radical (unpaired) electrons. The molecule has 1 saturated heterocycles. The van der Waals surface area contributed by atoms with Crippen molar-refractivity contribution in [2.45, 2.75) is 0 Å². The van der Waals surface area contributed by atoms with Gasteiger partial charge in [-0.15, -0.1) is 0 Å². The molecule has 1 unspecified atom stereocenters. The van der Waals surface area contributed by atoms with E-state index >= 15 is 0 Å². The van der Waals surface area contributed by atoms with Crippen LogP contribution in [0.25, 0.3) is 0 Å². The molecule has 1 fully saturated rings. The Hall–Kier alpha value is 0.230. The van der Waals surface area contributed by atoms with E-state index in [9.17, 15) is 0 Å². The van der Waals surface area contributed by atoms with Gasteiger partial charge in [-0.25, -0.2) is 0 Å². The van der Waals surface area contributed by atoms with Gasteiger partial charge in [-0.05, 0) is 0 Å². The highest BCUT2D eigenvalue weighted by Crippen LogP contribution is 2.47. The van der Waals surface area contributed by atoms with E-state index in [0.717, 1.165) is 0 Å². The highest BCUT2D eigenvalue weighted by Gasteiger charge is 2.24. The molecule has 0 aromatic rings. The van der Waals surface area contributed by atoms with Crippen molar-refractivity contribution in [2.75, 3.05) is 6.26 Å². The molecule has 0 spiro atoms. The summed E-state index contributed by atoms with van der Waals surface area (Å²) in [6, 6.07) is 0. The molecular weight excluding hydrogens is 90.1 g/mol. The van der Waals surface area contributed by atoms with Gasteiger partial charge in [0.25, 0.3) is 0 Å². The summed E-state index contributed by atoms with van der Waals surface area (Å²) in [5.74, 6) is 0. The molecule has 0 amide bonds. The Morgan fingerprint density at radius 2 is 2.20 bits per heavy atom. The van der Waals surface area contributed by atoms with E-state index < -0.39 is 10.8 Å². The first-order valence-corrected chi connectivity index (χ1v) is 3.09. The van der Waals surface area contributed by atoms with Crippen molar-refractivity contribution < 1.29 is 8.84 Å². The Bertz CT molecular complexity index is 47.6. The van der Waals surface area contributed by atoms with Crippen LogP contribution in [-0.4, -0.2) is 10.8 Å². The molecule has 1 heterocycles. The smallest absolute Gasteiger partial charge is 0.0460 e. The van der Waals surface area contributed by atoms with Crippen LogP contribution in [0.1, 0.15) is 0 Å². The Kier molecular flexibility index (Phi) is 0.446. The number of hydrogen-bond donors (Lipinski definition) is 2. The van der Waals surface area contributed by atoms with Gasteiger partial charge in [-0.1, -0.05) is 15.7 Å². The predicted octanol–water partition coefficient (Wildman–Crippen LogP) is 0.259. The Labute approximate surface area is 31.8 Å². The lowest BCUT2D eigenvalue weighted by Crippen LogP contribution is -1.71. The largest absolute Gasteiger partial charge is 0.283 e. The Balaban J connectivity index is 2.38. The summed E-state index contributed by atoms with van der Waals surface area (Å²) in [7, 11) is -1.67. The van der Waals surface area contributed by atoms with E-state index in [-0.39, 0.29) is 0 Å². The molecule has 1 aliphatic rings. The van der Waals surface area contributed by atoms with Crippen molar-refractivity contribution in [2.24, 2.45) is 0 Å². The maximum Gasteiger partial charge on any atom is 0.0460 e. The number of rotatable bonds is 0. The summed E-state index contributed by atoms with van der Waals surface area (Å²) < 4.78 is 12.7. The van der Waals surface area contributed by atoms with Crippen molar-refractivity contribution in [1.29, 1.82) is 0 Å². The van der Waals surface area contributed by atoms with Crippen LogP contribution >= 0.6 is 10.8 Å². The average molecular weight is 95.1 g/mol. The highest BCUT2D eigenvalue weighted by atomic mass is 32.3. The van der Waals surface area contributed by atoms with Crippen LogP contribution in [0, 0.1) is 0 Å². The topological polar surface area (TPSA) is 54.7 Å². The summed E-state index contributed by atoms with van der Waals surface area (Å²) in [5, 5.41) is 0. The molecule has 5 heavy (non-hydrogen) atoms. The van der Waals surface area contributed by atoms with Crippen molar-refractivity contribution in [3.8, 4) is 0 Å². The molecule has 4 heteroatoms. The molecule has 0 saturated carbocycles. The third-order valence-corrected chi connectivity index (χ3v) is 0.974. The second kappa shape index (κ2) is 0.652. The molecule has 1 atom stereocenters. The molecule has 0 bridgehead atoms. The van der Waals surface area contributed by atoms with Crippen molar-refractivity contribution in [3.63, 3.8) is 0 Å². The van der Waals surface area contributed by atoms with Gasteiger partial charge in [0.05, 0.1) is 0 Å². The lowest BCUT2D eigenvalue weighted by Gasteiger charge is -1.92. The van der Waals surface area contributed by atoms with Crippen LogP contribution in [0.2, 0.25) is 0 Å². The van der Waals surface area contributed by atoms with E-state index in [1.807, 2.05) is 0 Å². The quantitative estimate of drug-likeness (QED) is 0.424. The second-order valence-electron chi connectivity index (χ2n) is 0.969. The zero-order chi connectivity index (χ0) is 3.91. The monoisotopic (exact) mass is 95.0 g/mol. The van der Waals surface area contributed by atoms with Gasteiger partial charge >= 0.3 is 0 Å². The fourth-order valence-electron chi connectivity index (χ4n) is 0.0492. The van der Waals surface area contributed by atoms with Gasteiger partial charge in [0.1, 0.15) is 0 Å². The predicted molar refractivity (Wildman–Crippen MR) is 20.4 cm³/mol. The van der Waals surface area contributed by atoms with Crippen molar-refractivity contribution in [1.82, 2.24) is 4.89 Å². The van der Waals surface area contributed by atoms with E-state index in [2.05, 4.69) is 9.17 Å². The normalized spacial score (nSPS) is 62.0. The molecule has 0 aliphatic carbocycles. The van der Waals surface area contributed by atoms with Gasteiger partial charge < -0.3 is 0 Å². The minimum atomic E-state index is -1.67. The molecule has 32 valence electrons. The van der Waals surface area contributed by atoms with E-state index in [1.165, 1.54) is 0 Å². The second-order valence-corrected chi connectivity index (χ2v) is 2.91. The van der Waals surface area contributed by atoms with Crippen LogP contribution in [0.4, 0.5) is 0 Å². The van der Waals surface area contributed by atoms with Crippen LogP contribution in [0.15, 0.2) is 0 Å². The van der Waals surface area contributed by atoms with E-state index in [0.29, 0.717) is 0 Å². The van der Waals surface area contributed by atoms with Gasteiger partial charge in [0, 0.05) is 6.26 Å². The van der Waals surface area contributed by atoms with Gasteiger partial charge in [-0.3, -0.25) is 4.55 Å². The van der Waals surface area contributed by atoms with Gasteiger partial charge in [-0.2, -0.15) is 4.28 Å². The van der Waals surface area contributed by atoms with Crippen LogP contribution < -0.4 is 4.89 Å². The zero-order valence-electron chi connectivity index (χ0n) is 2.76. The van der Waals surface area contributed by atoms with Crippen molar-refractivity contribution in [3.05, 3.63) is 0 Å². The van der Waals surface area contributed by atoms with Gasteiger partial charge in [0.15, 0.2) is 0 Å². The number of nitrogens with one attached hydrogen (secondary N) is 1. The number of hydrogen-bond acceptors (Lipinski definition) is 3. The molecule has 0 aromatic heterocycles. The summed E-state index contributed by atoms with van der Waals surface area (Å²) in [4.78, 5) is 2.31. The summed E-state index contributed by atoms with van der Waals surface area (Å²) in [6.45, 7) is 0. The lowest BCUT2D eigenvalue weighted by molar-refractivity contribution is 0.453.